The number of hydrogen-bond acceptors (Lipinski definition) is 4. The van der Waals surface area contributed by atoms with Gasteiger partial charge < -0.3 is 10.6 Å². The zero-order valence-corrected chi connectivity index (χ0v) is 13.6. The van der Waals surface area contributed by atoms with Crippen molar-refractivity contribution < 1.29 is 14.0 Å². The number of carbonyl (C=O) groups is 2. The predicted octanol–water partition coefficient (Wildman–Crippen LogP) is 1.24. The van der Waals surface area contributed by atoms with E-state index in [-0.39, 0.29) is 29.4 Å². The Morgan fingerprint density at radius 3 is 2.76 bits per heavy atom. The van der Waals surface area contributed by atoms with Crippen LogP contribution in [-0.4, -0.2) is 34.6 Å². The van der Waals surface area contributed by atoms with Gasteiger partial charge in [0.05, 0.1) is 11.9 Å². The van der Waals surface area contributed by atoms with Gasteiger partial charge in [-0.25, -0.2) is 4.39 Å². The van der Waals surface area contributed by atoms with Crippen molar-refractivity contribution in [1.82, 2.24) is 20.8 Å². The van der Waals surface area contributed by atoms with Crippen molar-refractivity contribution in [3.63, 3.8) is 0 Å². The maximum absolute atomic E-state index is 13.6. The number of carbonyl (C=O) groups excluding carboxylic acids is 2. The molecule has 0 unspecified atom stereocenters. The number of H-pyrrole nitrogens is 1. The number of para-hydroxylation sites is 1. The summed E-state index contributed by atoms with van der Waals surface area (Å²) < 4.78 is 13.6. The summed E-state index contributed by atoms with van der Waals surface area (Å²) in [6.45, 7) is -0.238. The Bertz CT molecular complexity index is 859. The normalized spacial score (nSPS) is 15.1. The monoisotopic (exact) mass is 346 g/mol. The van der Waals surface area contributed by atoms with Crippen LogP contribution in [0, 0.1) is 5.82 Å². The molecule has 1 fully saturated rings. The molecule has 0 aliphatic heterocycles. The number of nitrogens with one attached hydrogen (secondary N) is 3. The number of amides is 2. The number of rotatable bonds is 4. The highest BCUT2D eigenvalue weighted by Crippen LogP contribution is 2.17. The van der Waals surface area contributed by atoms with Gasteiger partial charge in [-0.3, -0.25) is 19.5 Å². The molecule has 0 atom stereocenters. The van der Waals surface area contributed by atoms with Crippen molar-refractivity contribution in [1.29, 1.82) is 0 Å². The molecular weight excluding hydrogens is 327 g/mol. The van der Waals surface area contributed by atoms with Gasteiger partial charge in [-0.1, -0.05) is 25.3 Å². The van der Waals surface area contributed by atoms with Crippen LogP contribution in [0.4, 0.5) is 4.39 Å². The van der Waals surface area contributed by atoms with Crippen molar-refractivity contribution in [2.24, 2.45) is 0 Å². The number of benzene rings is 1. The van der Waals surface area contributed by atoms with Crippen LogP contribution < -0.4 is 16.1 Å². The van der Waals surface area contributed by atoms with Crippen LogP contribution in [-0.2, 0) is 4.79 Å². The van der Waals surface area contributed by atoms with Crippen LogP contribution in [0.25, 0.3) is 10.9 Å². The van der Waals surface area contributed by atoms with Crippen LogP contribution in [0.2, 0.25) is 0 Å². The fourth-order valence-corrected chi connectivity index (χ4v) is 3.04. The molecule has 1 aliphatic rings. The fraction of sp³-hybridized carbons (Fsp3) is 0.412. The van der Waals surface area contributed by atoms with Gasteiger partial charge in [0.15, 0.2) is 5.69 Å². The van der Waals surface area contributed by atoms with Crippen molar-refractivity contribution in [3.05, 3.63) is 39.9 Å². The van der Waals surface area contributed by atoms with Crippen LogP contribution in [0.3, 0.4) is 0 Å². The summed E-state index contributed by atoms with van der Waals surface area (Å²) in [5, 5.41) is 11.3. The van der Waals surface area contributed by atoms with Gasteiger partial charge in [0.2, 0.25) is 11.3 Å². The highest BCUT2D eigenvalue weighted by Gasteiger charge is 2.19. The van der Waals surface area contributed by atoms with E-state index in [9.17, 15) is 18.8 Å². The molecular formula is C17H19FN4O3. The first-order valence-electron chi connectivity index (χ1n) is 8.30. The van der Waals surface area contributed by atoms with Crippen molar-refractivity contribution in [2.45, 2.75) is 38.1 Å². The average molecular weight is 346 g/mol. The zero-order valence-electron chi connectivity index (χ0n) is 13.6. The number of hydrogen-bond donors (Lipinski definition) is 3. The quantitative estimate of drug-likeness (QED) is 0.775. The molecule has 1 aliphatic carbocycles. The molecule has 3 N–H and O–H groups in total. The van der Waals surface area contributed by atoms with E-state index in [1.807, 2.05) is 0 Å². The lowest BCUT2D eigenvalue weighted by Crippen LogP contribution is -2.43. The molecule has 0 spiro atoms. The van der Waals surface area contributed by atoms with Gasteiger partial charge in [0, 0.05) is 6.04 Å². The maximum Gasteiger partial charge on any atom is 0.276 e. The maximum atomic E-state index is 13.6. The summed E-state index contributed by atoms with van der Waals surface area (Å²) >= 11 is 0. The average Bonchev–Trinajstić information content (AvgIpc) is 2.61. The second-order valence-electron chi connectivity index (χ2n) is 6.15. The minimum atomic E-state index is -0.772. The van der Waals surface area contributed by atoms with E-state index in [4.69, 9.17) is 0 Å². The third kappa shape index (κ3) is 3.84. The van der Waals surface area contributed by atoms with E-state index in [2.05, 4.69) is 20.8 Å². The summed E-state index contributed by atoms with van der Waals surface area (Å²) in [6.07, 6.45) is 5.24. The van der Waals surface area contributed by atoms with Crippen molar-refractivity contribution in [3.8, 4) is 0 Å². The lowest BCUT2D eigenvalue weighted by molar-refractivity contribution is -0.121. The van der Waals surface area contributed by atoms with Gasteiger partial charge >= 0.3 is 0 Å². The second kappa shape index (κ2) is 7.42. The summed E-state index contributed by atoms with van der Waals surface area (Å²) in [5.41, 5.74) is -1.14. The standard InChI is InChI=1S/C17H19FN4O3/c18-12-8-4-7-11-14(12)21-22-15(16(11)24)17(25)19-9-13(23)20-10-5-2-1-3-6-10/h4,7-8,10H,1-3,5-6,9H2,(H,19,25)(H,20,23)(H,21,24). The second-order valence-corrected chi connectivity index (χ2v) is 6.15. The highest BCUT2D eigenvalue weighted by molar-refractivity contribution is 5.97. The molecule has 0 saturated heterocycles. The van der Waals surface area contributed by atoms with E-state index >= 15 is 0 Å². The molecule has 0 radical (unpaired) electrons. The van der Waals surface area contributed by atoms with Crippen LogP contribution in [0.5, 0.6) is 0 Å². The first-order valence-corrected chi connectivity index (χ1v) is 8.30. The summed E-state index contributed by atoms with van der Waals surface area (Å²) in [5.74, 6) is -1.70. The SMILES string of the molecule is O=C(CNC(=O)c1n[nH]c2c(F)cccc2c1=O)NC1CCCCC1. The lowest BCUT2D eigenvalue weighted by atomic mass is 9.95. The number of aromatic nitrogens is 2. The third-order valence-electron chi connectivity index (χ3n) is 4.35. The summed E-state index contributed by atoms with van der Waals surface area (Å²) in [6, 6.07) is 4.12. The van der Waals surface area contributed by atoms with E-state index < -0.39 is 22.8 Å². The Morgan fingerprint density at radius 1 is 1.24 bits per heavy atom. The summed E-state index contributed by atoms with van der Waals surface area (Å²) in [7, 11) is 0. The number of halogens is 1. The van der Waals surface area contributed by atoms with E-state index in [1.54, 1.807) is 0 Å². The molecule has 0 bridgehead atoms. The van der Waals surface area contributed by atoms with Gasteiger partial charge in [-0.15, -0.1) is 0 Å². The van der Waals surface area contributed by atoms with Gasteiger partial charge in [0.1, 0.15) is 11.3 Å². The van der Waals surface area contributed by atoms with Gasteiger partial charge in [0.25, 0.3) is 5.91 Å². The smallest absolute Gasteiger partial charge is 0.276 e. The largest absolute Gasteiger partial charge is 0.352 e. The molecule has 3 rings (SSSR count). The van der Waals surface area contributed by atoms with E-state index in [0.717, 1.165) is 25.7 Å². The minimum Gasteiger partial charge on any atom is -0.352 e. The van der Waals surface area contributed by atoms with Crippen molar-refractivity contribution in [2.75, 3.05) is 6.54 Å². The topological polar surface area (TPSA) is 104 Å². The first kappa shape index (κ1) is 17.1. The van der Waals surface area contributed by atoms with Crippen LogP contribution in [0.15, 0.2) is 23.0 Å². The summed E-state index contributed by atoms with van der Waals surface area (Å²) in [4.78, 5) is 36.3. The van der Waals surface area contributed by atoms with Crippen LogP contribution in [0.1, 0.15) is 42.6 Å². The minimum absolute atomic E-state index is 0.0341. The van der Waals surface area contributed by atoms with E-state index in [0.29, 0.717) is 0 Å². The zero-order chi connectivity index (χ0) is 17.8. The Balaban J connectivity index is 1.65. The third-order valence-corrected chi connectivity index (χ3v) is 4.35. The first-order chi connectivity index (χ1) is 12.1. The number of fused-ring (bicyclic) bond motifs is 1. The van der Waals surface area contributed by atoms with Crippen LogP contribution >= 0.6 is 0 Å². The lowest BCUT2D eigenvalue weighted by Gasteiger charge is -2.22. The Kier molecular flexibility index (Phi) is 5.06. The molecule has 132 valence electrons. The Hall–Kier alpha value is -2.77. The molecule has 7 nitrogen and oxygen atoms in total. The fourth-order valence-electron chi connectivity index (χ4n) is 3.04. The van der Waals surface area contributed by atoms with Crippen molar-refractivity contribution >= 4 is 22.7 Å². The molecule has 25 heavy (non-hydrogen) atoms. The van der Waals surface area contributed by atoms with Gasteiger partial charge in [-0.2, -0.15) is 5.10 Å². The molecule has 1 heterocycles. The number of nitrogens with zero attached hydrogens (tertiary/aromatic N) is 1. The Labute approximate surface area is 143 Å². The molecule has 1 aromatic carbocycles. The highest BCUT2D eigenvalue weighted by atomic mass is 19.1. The van der Waals surface area contributed by atoms with Gasteiger partial charge in [-0.05, 0) is 25.0 Å². The predicted molar refractivity (Wildman–Crippen MR) is 89.7 cm³/mol. The molecule has 2 aromatic rings. The number of aromatic amines is 1. The molecule has 1 aromatic heterocycles. The molecule has 8 heteroatoms. The molecule has 1 saturated carbocycles. The Morgan fingerprint density at radius 2 is 2.00 bits per heavy atom. The molecule has 2 amide bonds. The van der Waals surface area contributed by atoms with E-state index in [1.165, 1.54) is 24.6 Å².